The third-order valence-corrected chi connectivity index (χ3v) is 4.34. The molecule has 0 saturated carbocycles. The number of hydrogen-bond donors (Lipinski definition) is 2. The molecule has 0 fully saturated rings. The molecule has 0 bridgehead atoms. The van der Waals surface area contributed by atoms with Crippen molar-refractivity contribution in [3.8, 4) is 11.1 Å². The van der Waals surface area contributed by atoms with E-state index in [-0.39, 0.29) is 12.0 Å². The number of carboxylic acids is 1. The van der Waals surface area contributed by atoms with Gasteiger partial charge in [-0.1, -0.05) is 36.4 Å². The number of aliphatic hydroxyl groups is 1. The molecule has 0 spiro atoms. The minimum atomic E-state index is -1.02. The molecule has 1 aliphatic heterocycles. The summed E-state index contributed by atoms with van der Waals surface area (Å²) in [5, 5.41) is 19.1. The van der Waals surface area contributed by atoms with Gasteiger partial charge in [0.2, 0.25) is 0 Å². The maximum absolute atomic E-state index is 10.9. The summed E-state index contributed by atoms with van der Waals surface area (Å²) in [6.07, 6.45) is -1.33. The number of hydrogen-bond acceptors (Lipinski definition) is 3. The lowest BCUT2D eigenvalue weighted by Crippen LogP contribution is -2.14. The second-order valence-electron chi connectivity index (χ2n) is 6.37. The molecule has 1 unspecified atom stereocenters. The molecule has 120 valence electrons. The van der Waals surface area contributed by atoms with Crippen LogP contribution in [0.1, 0.15) is 43.1 Å². The van der Waals surface area contributed by atoms with Gasteiger partial charge in [-0.15, -0.1) is 0 Å². The Balaban J connectivity index is 2.02. The number of fused-ring (bicyclic) bond motifs is 1. The fourth-order valence-corrected chi connectivity index (χ4v) is 3.13. The van der Waals surface area contributed by atoms with E-state index in [4.69, 9.17) is 9.84 Å². The number of benzene rings is 2. The lowest BCUT2D eigenvalue weighted by atomic mass is 9.90. The number of ether oxygens (including phenoxy) is 1. The van der Waals surface area contributed by atoms with Crippen molar-refractivity contribution in [3.05, 3.63) is 59.2 Å². The highest BCUT2D eigenvalue weighted by Gasteiger charge is 2.30. The van der Waals surface area contributed by atoms with Gasteiger partial charge in [0.1, 0.15) is 0 Å². The maximum atomic E-state index is 10.9. The summed E-state index contributed by atoms with van der Waals surface area (Å²) in [5.41, 5.74) is 4.47. The highest BCUT2D eigenvalue weighted by Crippen LogP contribution is 2.39. The Bertz CT molecular complexity index is 749. The standard InChI is InChI=1S/C19H20O4/c1-19(2)16-8-7-12(9-13(16)11-23-19)14-5-3-4-6-15(14)17(20)10-18(21)22/h3-9,17,20H,10-11H2,1-2H3,(H,21,22). The maximum Gasteiger partial charge on any atom is 0.306 e. The van der Waals surface area contributed by atoms with Crippen LogP contribution in [0.5, 0.6) is 0 Å². The Labute approximate surface area is 135 Å². The first-order chi connectivity index (χ1) is 10.9. The second-order valence-corrected chi connectivity index (χ2v) is 6.37. The fraction of sp³-hybridized carbons (Fsp3) is 0.316. The Morgan fingerprint density at radius 3 is 2.74 bits per heavy atom. The van der Waals surface area contributed by atoms with Gasteiger partial charge in [0.15, 0.2) is 0 Å². The van der Waals surface area contributed by atoms with Crippen LogP contribution < -0.4 is 0 Å². The lowest BCUT2D eigenvalue weighted by molar-refractivity contribution is -0.139. The predicted octanol–water partition coefficient (Wildman–Crippen LogP) is 3.63. The molecule has 2 N–H and O–H groups in total. The minimum absolute atomic E-state index is 0.282. The zero-order valence-electron chi connectivity index (χ0n) is 13.2. The molecular formula is C19H20O4. The average Bonchev–Trinajstić information content (AvgIpc) is 2.81. The van der Waals surface area contributed by atoms with Crippen LogP contribution in [0.4, 0.5) is 0 Å². The number of aliphatic carboxylic acids is 1. The minimum Gasteiger partial charge on any atom is -0.481 e. The highest BCUT2D eigenvalue weighted by molar-refractivity contribution is 5.72. The van der Waals surface area contributed by atoms with Crippen LogP contribution in [-0.4, -0.2) is 16.2 Å². The SMILES string of the molecule is CC1(C)OCc2cc(-c3ccccc3C(O)CC(=O)O)ccc21. The lowest BCUT2D eigenvalue weighted by Gasteiger charge is -2.19. The molecule has 0 aliphatic carbocycles. The first-order valence-electron chi connectivity index (χ1n) is 7.65. The van der Waals surface area contributed by atoms with E-state index in [1.807, 2.05) is 38.1 Å². The molecule has 1 atom stereocenters. The van der Waals surface area contributed by atoms with Crippen molar-refractivity contribution in [2.24, 2.45) is 0 Å². The van der Waals surface area contributed by atoms with Crippen LogP contribution in [0.2, 0.25) is 0 Å². The molecule has 0 radical (unpaired) electrons. The van der Waals surface area contributed by atoms with Crippen LogP contribution >= 0.6 is 0 Å². The Morgan fingerprint density at radius 2 is 2.00 bits per heavy atom. The van der Waals surface area contributed by atoms with Crippen molar-refractivity contribution in [1.29, 1.82) is 0 Å². The van der Waals surface area contributed by atoms with Gasteiger partial charge in [-0.2, -0.15) is 0 Å². The third-order valence-electron chi connectivity index (χ3n) is 4.34. The molecule has 4 heteroatoms. The first-order valence-corrected chi connectivity index (χ1v) is 7.65. The largest absolute Gasteiger partial charge is 0.481 e. The third kappa shape index (κ3) is 3.00. The molecular weight excluding hydrogens is 292 g/mol. The summed E-state index contributed by atoms with van der Waals surface area (Å²) in [6.45, 7) is 4.65. The number of aliphatic hydroxyl groups excluding tert-OH is 1. The normalized spacial score (nSPS) is 16.8. The summed E-state index contributed by atoms with van der Waals surface area (Å²) in [7, 11) is 0. The predicted molar refractivity (Wildman–Crippen MR) is 86.9 cm³/mol. The van der Waals surface area contributed by atoms with Crippen LogP contribution in [0.25, 0.3) is 11.1 Å². The number of carboxylic acid groups (broad SMARTS) is 1. The molecule has 2 aromatic carbocycles. The summed E-state index contributed by atoms with van der Waals surface area (Å²) < 4.78 is 5.80. The molecule has 0 saturated heterocycles. The van der Waals surface area contributed by atoms with E-state index in [0.717, 1.165) is 16.7 Å². The van der Waals surface area contributed by atoms with Gasteiger partial charge in [0, 0.05) is 0 Å². The van der Waals surface area contributed by atoms with Gasteiger partial charge >= 0.3 is 5.97 Å². The molecule has 2 aromatic rings. The summed E-state index contributed by atoms with van der Waals surface area (Å²) in [4.78, 5) is 10.9. The van der Waals surface area contributed by atoms with E-state index in [9.17, 15) is 9.90 Å². The van der Waals surface area contributed by atoms with E-state index < -0.39 is 12.1 Å². The Morgan fingerprint density at radius 1 is 1.26 bits per heavy atom. The van der Waals surface area contributed by atoms with E-state index in [1.165, 1.54) is 5.56 Å². The van der Waals surface area contributed by atoms with Gasteiger partial charge in [-0.05, 0) is 47.7 Å². The van der Waals surface area contributed by atoms with Crippen LogP contribution in [-0.2, 0) is 21.7 Å². The monoisotopic (exact) mass is 312 g/mol. The number of carbonyl (C=O) groups is 1. The molecule has 1 aliphatic rings. The van der Waals surface area contributed by atoms with E-state index in [2.05, 4.69) is 12.1 Å². The summed E-state index contributed by atoms with van der Waals surface area (Å²) in [6, 6.07) is 13.5. The summed E-state index contributed by atoms with van der Waals surface area (Å²) >= 11 is 0. The van der Waals surface area contributed by atoms with Crippen molar-refractivity contribution in [2.45, 2.75) is 38.6 Å². The van der Waals surface area contributed by atoms with E-state index >= 15 is 0 Å². The van der Waals surface area contributed by atoms with E-state index in [1.54, 1.807) is 6.07 Å². The quantitative estimate of drug-likeness (QED) is 0.904. The van der Waals surface area contributed by atoms with Crippen LogP contribution in [0.3, 0.4) is 0 Å². The molecule has 0 amide bonds. The topological polar surface area (TPSA) is 66.8 Å². The first kappa shape index (κ1) is 15.7. The van der Waals surface area contributed by atoms with Gasteiger partial charge in [-0.3, -0.25) is 4.79 Å². The fourth-order valence-electron chi connectivity index (χ4n) is 3.13. The Hall–Kier alpha value is -2.17. The van der Waals surface area contributed by atoms with Gasteiger partial charge in [-0.25, -0.2) is 0 Å². The van der Waals surface area contributed by atoms with Gasteiger partial charge < -0.3 is 14.9 Å². The van der Waals surface area contributed by atoms with Crippen LogP contribution in [0, 0.1) is 0 Å². The number of rotatable bonds is 4. The Kier molecular flexibility index (Phi) is 3.96. The smallest absolute Gasteiger partial charge is 0.306 e. The molecule has 3 rings (SSSR count). The van der Waals surface area contributed by atoms with Gasteiger partial charge in [0.25, 0.3) is 0 Å². The van der Waals surface area contributed by atoms with Crippen molar-refractivity contribution < 1.29 is 19.7 Å². The van der Waals surface area contributed by atoms with E-state index in [0.29, 0.717) is 12.2 Å². The zero-order valence-corrected chi connectivity index (χ0v) is 13.2. The van der Waals surface area contributed by atoms with Crippen molar-refractivity contribution in [2.75, 3.05) is 0 Å². The van der Waals surface area contributed by atoms with Crippen LogP contribution in [0.15, 0.2) is 42.5 Å². The second kappa shape index (κ2) is 5.80. The molecule has 23 heavy (non-hydrogen) atoms. The summed E-state index contributed by atoms with van der Waals surface area (Å²) in [5.74, 6) is -1.02. The molecule has 1 heterocycles. The zero-order chi connectivity index (χ0) is 16.6. The van der Waals surface area contributed by atoms with Gasteiger partial charge in [0.05, 0.1) is 24.7 Å². The van der Waals surface area contributed by atoms with Crippen molar-refractivity contribution >= 4 is 5.97 Å². The molecule has 4 nitrogen and oxygen atoms in total. The molecule has 0 aromatic heterocycles. The van der Waals surface area contributed by atoms with Crippen molar-refractivity contribution in [3.63, 3.8) is 0 Å². The van der Waals surface area contributed by atoms with Crippen molar-refractivity contribution in [1.82, 2.24) is 0 Å². The highest BCUT2D eigenvalue weighted by atomic mass is 16.5. The average molecular weight is 312 g/mol.